The third kappa shape index (κ3) is 2.73. The molecule has 5 heteroatoms. The highest BCUT2D eigenvalue weighted by Crippen LogP contribution is 2.29. The molecule has 0 radical (unpaired) electrons. The van der Waals surface area contributed by atoms with Crippen LogP contribution in [0.2, 0.25) is 0 Å². The molecule has 2 rings (SSSR count). The summed E-state index contributed by atoms with van der Waals surface area (Å²) in [5, 5.41) is 0. The van der Waals surface area contributed by atoms with Crippen molar-refractivity contribution in [3.8, 4) is 0 Å². The molecule has 2 N–H and O–H groups in total. The number of halogens is 2. The van der Waals surface area contributed by atoms with Crippen LogP contribution in [-0.2, 0) is 18.9 Å². The van der Waals surface area contributed by atoms with Gasteiger partial charge < -0.3 is 10.3 Å². The molecule has 0 spiro atoms. The monoisotopic (exact) mass is 251 g/mol. The zero-order chi connectivity index (χ0) is 13.0. The largest absolute Gasteiger partial charge is 0.330 e. The first kappa shape index (κ1) is 12.7. The maximum absolute atomic E-state index is 14.1. The van der Waals surface area contributed by atoms with E-state index in [2.05, 4.69) is 4.98 Å². The summed E-state index contributed by atoms with van der Waals surface area (Å²) in [7, 11) is 0. The third-order valence-electron chi connectivity index (χ3n) is 2.73. The number of alkyl halides is 2. The minimum absolute atomic E-state index is 0.0115. The van der Waals surface area contributed by atoms with Gasteiger partial charge >= 0.3 is 0 Å². The van der Waals surface area contributed by atoms with Crippen molar-refractivity contribution in [3.05, 3.63) is 54.1 Å². The maximum atomic E-state index is 14.1. The summed E-state index contributed by atoms with van der Waals surface area (Å²) in [5.41, 5.74) is 5.43. The number of hydrogen-bond donors (Lipinski definition) is 1. The van der Waals surface area contributed by atoms with Crippen LogP contribution in [0.15, 0.2) is 42.7 Å². The fourth-order valence-corrected chi connectivity index (χ4v) is 1.83. The topological polar surface area (TPSA) is 43.8 Å². The SMILES string of the molecule is NCCc1nccn1CC(F)(F)c1ccccc1. The number of nitrogens with two attached hydrogens (primary N) is 1. The summed E-state index contributed by atoms with van der Waals surface area (Å²) in [6, 6.07) is 7.80. The number of benzene rings is 1. The lowest BCUT2D eigenvalue weighted by Crippen LogP contribution is -2.23. The number of nitrogens with zero attached hydrogens (tertiary/aromatic N) is 2. The van der Waals surface area contributed by atoms with Crippen LogP contribution in [0, 0.1) is 0 Å². The van der Waals surface area contributed by atoms with Crippen molar-refractivity contribution in [2.45, 2.75) is 18.9 Å². The summed E-state index contributed by atoms with van der Waals surface area (Å²) in [5.74, 6) is -2.32. The van der Waals surface area contributed by atoms with Gasteiger partial charge in [0, 0.05) is 24.4 Å². The van der Waals surface area contributed by atoms with Crippen LogP contribution >= 0.6 is 0 Å². The Morgan fingerprint density at radius 2 is 1.94 bits per heavy atom. The Morgan fingerprint density at radius 1 is 1.22 bits per heavy atom. The van der Waals surface area contributed by atoms with Gasteiger partial charge in [-0.3, -0.25) is 0 Å². The molecule has 1 aromatic carbocycles. The smallest absolute Gasteiger partial charge is 0.290 e. The van der Waals surface area contributed by atoms with E-state index in [1.807, 2.05) is 0 Å². The maximum Gasteiger partial charge on any atom is 0.290 e. The van der Waals surface area contributed by atoms with Crippen LogP contribution in [-0.4, -0.2) is 16.1 Å². The van der Waals surface area contributed by atoms with E-state index in [9.17, 15) is 8.78 Å². The summed E-state index contributed by atoms with van der Waals surface area (Å²) in [6.45, 7) is -0.0136. The number of hydrogen-bond acceptors (Lipinski definition) is 2. The molecular formula is C13H15F2N3. The van der Waals surface area contributed by atoms with Crippen LogP contribution in [0.5, 0.6) is 0 Å². The molecule has 3 nitrogen and oxygen atoms in total. The summed E-state index contributed by atoms with van der Waals surface area (Å²) < 4.78 is 29.6. The van der Waals surface area contributed by atoms with Gasteiger partial charge in [-0.05, 0) is 6.54 Å². The first-order valence-corrected chi connectivity index (χ1v) is 5.77. The molecule has 0 aliphatic carbocycles. The minimum atomic E-state index is -2.91. The van der Waals surface area contributed by atoms with Crippen molar-refractivity contribution >= 4 is 0 Å². The van der Waals surface area contributed by atoms with E-state index >= 15 is 0 Å². The Kier molecular flexibility index (Phi) is 3.72. The van der Waals surface area contributed by atoms with Crippen molar-refractivity contribution in [2.24, 2.45) is 5.73 Å². The Bertz CT molecular complexity index is 494. The Hall–Kier alpha value is -1.75. The fraction of sp³-hybridized carbons (Fsp3) is 0.308. The number of rotatable bonds is 5. The van der Waals surface area contributed by atoms with Crippen molar-refractivity contribution < 1.29 is 8.78 Å². The molecule has 18 heavy (non-hydrogen) atoms. The average Bonchev–Trinajstić information content (AvgIpc) is 2.78. The third-order valence-corrected chi connectivity index (χ3v) is 2.73. The van der Waals surface area contributed by atoms with E-state index in [4.69, 9.17) is 5.73 Å². The molecule has 2 aromatic rings. The standard InChI is InChI=1S/C13H15F2N3/c14-13(15,11-4-2-1-3-5-11)10-18-9-8-17-12(18)6-7-16/h1-5,8-9H,6-7,10,16H2. The predicted octanol–water partition coefficient (Wildman–Crippen LogP) is 2.18. The molecule has 1 aromatic heterocycles. The van der Waals surface area contributed by atoms with Crippen molar-refractivity contribution in [3.63, 3.8) is 0 Å². The van der Waals surface area contributed by atoms with Crippen molar-refractivity contribution in [2.75, 3.05) is 6.54 Å². The molecule has 0 aliphatic heterocycles. The Labute approximate surface area is 104 Å². The highest BCUT2D eigenvalue weighted by molar-refractivity contribution is 5.20. The second-order valence-corrected chi connectivity index (χ2v) is 4.08. The lowest BCUT2D eigenvalue weighted by atomic mass is 10.1. The van der Waals surface area contributed by atoms with Crippen LogP contribution in [0.25, 0.3) is 0 Å². The lowest BCUT2D eigenvalue weighted by molar-refractivity contribution is -0.0229. The lowest BCUT2D eigenvalue weighted by Gasteiger charge is -2.18. The van der Waals surface area contributed by atoms with Crippen LogP contribution in [0.1, 0.15) is 11.4 Å². The predicted molar refractivity (Wildman–Crippen MR) is 65.3 cm³/mol. The molecule has 0 aliphatic rings. The zero-order valence-electron chi connectivity index (χ0n) is 9.89. The van der Waals surface area contributed by atoms with Crippen LogP contribution in [0.4, 0.5) is 8.78 Å². The molecule has 0 unspecified atom stereocenters. The summed E-state index contributed by atoms with van der Waals surface area (Å²) in [4.78, 5) is 4.03. The molecule has 0 saturated carbocycles. The number of imidazole rings is 1. The Morgan fingerprint density at radius 3 is 2.61 bits per heavy atom. The summed E-state index contributed by atoms with van der Waals surface area (Å²) >= 11 is 0. The molecule has 0 amide bonds. The highest BCUT2D eigenvalue weighted by atomic mass is 19.3. The van der Waals surface area contributed by atoms with E-state index in [-0.39, 0.29) is 5.56 Å². The fourth-order valence-electron chi connectivity index (χ4n) is 1.83. The van der Waals surface area contributed by atoms with Crippen LogP contribution in [0.3, 0.4) is 0 Å². The van der Waals surface area contributed by atoms with Gasteiger partial charge in [0.1, 0.15) is 5.82 Å². The highest BCUT2D eigenvalue weighted by Gasteiger charge is 2.32. The molecule has 0 saturated heterocycles. The quantitative estimate of drug-likeness (QED) is 0.885. The van der Waals surface area contributed by atoms with E-state index in [0.29, 0.717) is 18.8 Å². The summed E-state index contributed by atoms with van der Waals surface area (Å²) in [6.07, 6.45) is 3.58. The minimum Gasteiger partial charge on any atom is -0.330 e. The molecule has 96 valence electrons. The second-order valence-electron chi connectivity index (χ2n) is 4.08. The van der Waals surface area contributed by atoms with Crippen molar-refractivity contribution in [1.29, 1.82) is 0 Å². The molecule has 0 atom stereocenters. The average molecular weight is 251 g/mol. The second kappa shape index (κ2) is 5.27. The van der Waals surface area contributed by atoms with E-state index < -0.39 is 12.5 Å². The molecular weight excluding hydrogens is 236 g/mol. The van der Waals surface area contributed by atoms with Gasteiger partial charge in [0.05, 0.1) is 6.54 Å². The van der Waals surface area contributed by atoms with E-state index in [0.717, 1.165) is 0 Å². The Balaban J connectivity index is 2.19. The zero-order valence-corrected chi connectivity index (χ0v) is 9.89. The van der Waals surface area contributed by atoms with Gasteiger partial charge in [0.25, 0.3) is 5.92 Å². The van der Waals surface area contributed by atoms with Gasteiger partial charge in [-0.1, -0.05) is 30.3 Å². The normalized spacial score (nSPS) is 11.7. The molecule has 1 heterocycles. The van der Waals surface area contributed by atoms with E-state index in [1.54, 1.807) is 24.4 Å². The van der Waals surface area contributed by atoms with Gasteiger partial charge in [-0.2, -0.15) is 8.78 Å². The molecule has 0 fully saturated rings. The van der Waals surface area contributed by atoms with Crippen molar-refractivity contribution in [1.82, 2.24) is 9.55 Å². The number of aromatic nitrogens is 2. The molecule has 0 bridgehead atoms. The van der Waals surface area contributed by atoms with Gasteiger partial charge in [0.15, 0.2) is 0 Å². The van der Waals surface area contributed by atoms with Gasteiger partial charge in [-0.15, -0.1) is 0 Å². The first-order chi connectivity index (χ1) is 8.63. The van der Waals surface area contributed by atoms with Gasteiger partial charge in [0.2, 0.25) is 0 Å². The first-order valence-electron chi connectivity index (χ1n) is 5.77. The van der Waals surface area contributed by atoms with Gasteiger partial charge in [-0.25, -0.2) is 4.98 Å². The van der Waals surface area contributed by atoms with E-state index in [1.165, 1.54) is 22.9 Å². The van der Waals surface area contributed by atoms with Crippen LogP contribution < -0.4 is 5.73 Å².